The molecule has 28 heavy (non-hydrogen) atoms. The number of amides is 2. The summed E-state index contributed by atoms with van der Waals surface area (Å²) in [6, 6.07) is 14.6. The van der Waals surface area contributed by atoms with E-state index in [4.69, 9.17) is 4.74 Å². The van der Waals surface area contributed by atoms with Gasteiger partial charge in [0.2, 0.25) is 5.91 Å². The average Bonchev–Trinajstić information content (AvgIpc) is 2.64. The Morgan fingerprint density at radius 2 is 1.68 bits per heavy atom. The third-order valence-corrected chi connectivity index (χ3v) is 4.05. The van der Waals surface area contributed by atoms with Gasteiger partial charge >= 0.3 is 0 Å². The lowest BCUT2D eigenvalue weighted by molar-refractivity contribution is -0.142. The van der Waals surface area contributed by atoms with Crippen molar-refractivity contribution in [3.05, 3.63) is 66.0 Å². The molecule has 2 amide bonds. The van der Waals surface area contributed by atoms with Crippen molar-refractivity contribution in [1.29, 1.82) is 0 Å². The Kier molecular flexibility index (Phi) is 7.15. The van der Waals surface area contributed by atoms with E-state index in [9.17, 15) is 14.0 Å². The first-order valence-electron chi connectivity index (χ1n) is 9.20. The molecule has 1 atom stereocenters. The number of rotatable bonds is 7. The van der Waals surface area contributed by atoms with E-state index in [2.05, 4.69) is 5.32 Å². The van der Waals surface area contributed by atoms with Crippen LogP contribution >= 0.6 is 0 Å². The smallest absolute Gasteiger partial charge is 0.261 e. The van der Waals surface area contributed by atoms with Gasteiger partial charge in [0.15, 0.2) is 18.2 Å². The van der Waals surface area contributed by atoms with Crippen LogP contribution in [0.15, 0.2) is 54.6 Å². The molecule has 0 aliphatic rings. The van der Waals surface area contributed by atoms with Gasteiger partial charge in [0.1, 0.15) is 6.04 Å². The lowest BCUT2D eigenvalue weighted by atomic mass is 10.1. The average molecular weight is 386 g/mol. The Bertz CT molecular complexity index is 803. The molecule has 2 rings (SSSR count). The summed E-state index contributed by atoms with van der Waals surface area (Å²) in [5.41, 5.74) is 0.466. The predicted octanol–water partition coefficient (Wildman–Crippen LogP) is 3.54. The maximum absolute atomic E-state index is 13.7. The van der Waals surface area contributed by atoms with Crippen LogP contribution in [0.1, 0.15) is 33.3 Å². The normalized spacial score (nSPS) is 12.2. The highest BCUT2D eigenvalue weighted by Crippen LogP contribution is 2.16. The number of carbonyl (C=O) groups is 2. The van der Waals surface area contributed by atoms with Gasteiger partial charge in [0, 0.05) is 12.1 Å². The quantitative estimate of drug-likeness (QED) is 0.792. The zero-order valence-electron chi connectivity index (χ0n) is 16.7. The van der Waals surface area contributed by atoms with Crippen LogP contribution in [0.4, 0.5) is 4.39 Å². The number of para-hydroxylation sites is 1. The van der Waals surface area contributed by atoms with Gasteiger partial charge in [-0.05, 0) is 45.4 Å². The molecule has 6 heteroatoms. The first kappa shape index (κ1) is 21.4. The van der Waals surface area contributed by atoms with Crippen LogP contribution in [-0.4, -0.2) is 34.9 Å². The minimum Gasteiger partial charge on any atom is -0.481 e. The lowest BCUT2D eigenvalue weighted by Gasteiger charge is -2.31. The summed E-state index contributed by atoms with van der Waals surface area (Å²) in [5, 5.41) is 2.89. The maximum atomic E-state index is 13.7. The van der Waals surface area contributed by atoms with E-state index in [-0.39, 0.29) is 24.8 Å². The van der Waals surface area contributed by atoms with E-state index in [1.807, 2.05) is 51.1 Å². The SMILES string of the molecule is CC(C(=O)NC(C)(C)C)N(Cc1ccccc1)C(=O)COc1ccccc1F. The molecule has 2 aromatic rings. The third kappa shape index (κ3) is 6.37. The predicted molar refractivity (Wildman–Crippen MR) is 106 cm³/mol. The van der Waals surface area contributed by atoms with Gasteiger partial charge in [-0.2, -0.15) is 0 Å². The highest BCUT2D eigenvalue weighted by atomic mass is 19.1. The summed E-state index contributed by atoms with van der Waals surface area (Å²) in [4.78, 5) is 26.9. The summed E-state index contributed by atoms with van der Waals surface area (Å²) >= 11 is 0. The minimum atomic E-state index is -0.712. The Morgan fingerprint density at radius 1 is 1.07 bits per heavy atom. The molecular formula is C22H27FN2O3. The second-order valence-electron chi connectivity index (χ2n) is 7.64. The fraction of sp³-hybridized carbons (Fsp3) is 0.364. The van der Waals surface area contributed by atoms with Gasteiger partial charge in [-0.25, -0.2) is 4.39 Å². The van der Waals surface area contributed by atoms with Crippen molar-refractivity contribution >= 4 is 11.8 Å². The van der Waals surface area contributed by atoms with Crippen molar-refractivity contribution in [1.82, 2.24) is 10.2 Å². The van der Waals surface area contributed by atoms with Crippen LogP contribution in [0.25, 0.3) is 0 Å². The zero-order valence-corrected chi connectivity index (χ0v) is 16.7. The molecule has 2 aromatic carbocycles. The van der Waals surface area contributed by atoms with Crippen molar-refractivity contribution in [2.75, 3.05) is 6.61 Å². The van der Waals surface area contributed by atoms with E-state index in [1.165, 1.54) is 17.0 Å². The highest BCUT2D eigenvalue weighted by molar-refractivity contribution is 5.88. The van der Waals surface area contributed by atoms with Crippen LogP contribution in [0.3, 0.4) is 0 Å². The van der Waals surface area contributed by atoms with Crippen LogP contribution in [-0.2, 0) is 16.1 Å². The van der Waals surface area contributed by atoms with E-state index in [0.717, 1.165) is 5.56 Å². The summed E-state index contributed by atoms with van der Waals surface area (Å²) in [7, 11) is 0. The molecule has 0 fully saturated rings. The van der Waals surface area contributed by atoms with Crippen LogP contribution in [0, 0.1) is 5.82 Å². The van der Waals surface area contributed by atoms with Gasteiger partial charge < -0.3 is 15.0 Å². The number of benzene rings is 2. The molecule has 1 N–H and O–H groups in total. The molecular weight excluding hydrogens is 359 g/mol. The van der Waals surface area contributed by atoms with Gasteiger partial charge in [-0.1, -0.05) is 42.5 Å². The number of halogens is 1. The molecule has 0 aliphatic heterocycles. The standard InChI is InChI=1S/C22H27FN2O3/c1-16(21(27)24-22(2,3)4)25(14-17-10-6-5-7-11-17)20(26)15-28-19-13-9-8-12-18(19)23/h5-13,16H,14-15H2,1-4H3,(H,24,27). The van der Waals surface area contributed by atoms with Crippen LogP contribution in [0.5, 0.6) is 5.75 Å². The van der Waals surface area contributed by atoms with E-state index >= 15 is 0 Å². The van der Waals surface area contributed by atoms with Crippen LogP contribution < -0.4 is 10.1 Å². The van der Waals surface area contributed by atoms with Crippen molar-refractivity contribution < 1.29 is 18.7 Å². The Morgan fingerprint density at radius 3 is 2.29 bits per heavy atom. The molecule has 0 aromatic heterocycles. The number of nitrogens with one attached hydrogen (secondary N) is 1. The van der Waals surface area contributed by atoms with Crippen molar-refractivity contribution in [2.24, 2.45) is 0 Å². The Labute approximate surface area is 165 Å². The largest absolute Gasteiger partial charge is 0.481 e. The second-order valence-corrected chi connectivity index (χ2v) is 7.64. The molecule has 0 bridgehead atoms. The van der Waals surface area contributed by atoms with E-state index in [1.54, 1.807) is 19.1 Å². The van der Waals surface area contributed by atoms with Gasteiger partial charge in [-0.3, -0.25) is 9.59 Å². The second kappa shape index (κ2) is 9.35. The number of hydrogen-bond donors (Lipinski definition) is 1. The Hall–Kier alpha value is -2.89. The zero-order chi connectivity index (χ0) is 20.7. The fourth-order valence-corrected chi connectivity index (χ4v) is 2.62. The number of hydrogen-bond acceptors (Lipinski definition) is 3. The minimum absolute atomic E-state index is 0.00214. The highest BCUT2D eigenvalue weighted by Gasteiger charge is 2.28. The van der Waals surface area contributed by atoms with Gasteiger partial charge in [0.25, 0.3) is 5.91 Å². The van der Waals surface area contributed by atoms with Crippen molar-refractivity contribution in [3.8, 4) is 5.75 Å². The molecule has 150 valence electrons. The summed E-state index contributed by atoms with van der Waals surface area (Å²) in [6.45, 7) is 7.19. The molecule has 0 spiro atoms. The number of ether oxygens (including phenoxy) is 1. The van der Waals surface area contributed by atoms with Crippen molar-refractivity contribution in [2.45, 2.75) is 45.8 Å². The first-order chi connectivity index (χ1) is 13.2. The maximum Gasteiger partial charge on any atom is 0.261 e. The fourth-order valence-electron chi connectivity index (χ4n) is 2.62. The Balaban J connectivity index is 2.15. The topological polar surface area (TPSA) is 58.6 Å². The molecule has 0 heterocycles. The van der Waals surface area contributed by atoms with Gasteiger partial charge in [0.05, 0.1) is 0 Å². The summed E-state index contributed by atoms with van der Waals surface area (Å²) in [5.74, 6) is -1.20. The van der Waals surface area contributed by atoms with Gasteiger partial charge in [-0.15, -0.1) is 0 Å². The molecule has 0 saturated carbocycles. The van der Waals surface area contributed by atoms with E-state index in [0.29, 0.717) is 0 Å². The van der Waals surface area contributed by atoms with Crippen molar-refractivity contribution in [3.63, 3.8) is 0 Å². The van der Waals surface area contributed by atoms with E-state index < -0.39 is 23.3 Å². The third-order valence-electron chi connectivity index (χ3n) is 4.05. The summed E-state index contributed by atoms with van der Waals surface area (Å²) < 4.78 is 19.1. The summed E-state index contributed by atoms with van der Waals surface area (Å²) in [6.07, 6.45) is 0. The lowest BCUT2D eigenvalue weighted by Crippen LogP contribution is -2.53. The monoisotopic (exact) mass is 386 g/mol. The molecule has 0 radical (unpaired) electrons. The number of nitrogens with zero attached hydrogens (tertiary/aromatic N) is 1. The number of carbonyl (C=O) groups excluding carboxylic acids is 2. The van der Waals surface area contributed by atoms with Crippen LogP contribution in [0.2, 0.25) is 0 Å². The molecule has 1 unspecified atom stereocenters. The molecule has 0 aliphatic carbocycles. The molecule has 0 saturated heterocycles. The molecule has 5 nitrogen and oxygen atoms in total. The first-order valence-corrected chi connectivity index (χ1v) is 9.20.